The molecule has 4 rings (SSSR count). The first-order valence-electron chi connectivity index (χ1n) is 11.0. The molecule has 0 N–H and O–H groups in total. The molecule has 1 heterocycles. The second-order valence-electron chi connectivity index (χ2n) is 7.67. The van der Waals surface area contributed by atoms with Gasteiger partial charge < -0.3 is 19.1 Å². The number of hydrogen-bond donors (Lipinski definition) is 0. The second-order valence-corrected chi connectivity index (χ2v) is 7.67. The summed E-state index contributed by atoms with van der Waals surface area (Å²) < 4.78 is 17.0. The molecule has 0 fully saturated rings. The monoisotopic (exact) mass is 457 g/mol. The van der Waals surface area contributed by atoms with E-state index in [1.807, 2.05) is 91.7 Å². The number of esters is 1. The topological polar surface area (TPSA) is 73.8 Å². The molecule has 4 aromatic rings. The first kappa shape index (κ1) is 23.0. The third-order valence-corrected chi connectivity index (χ3v) is 5.39. The SMILES string of the molecule is CCOC(=O)C(Oc1cc(N(C)c2nc(C)nc3ccccc23)ccc1OC)c1ccccc1. The molecule has 0 saturated heterocycles. The van der Waals surface area contributed by atoms with Crippen molar-refractivity contribution >= 4 is 28.4 Å². The van der Waals surface area contributed by atoms with Crippen molar-refractivity contribution in [2.75, 3.05) is 25.7 Å². The van der Waals surface area contributed by atoms with Crippen LogP contribution in [0, 0.1) is 6.92 Å². The molecular formula is C27H27N3O4. The Bertz CT molecular complexity index is 1290. The first-order chi connectivity index (χ1) is 16.5. The van der Waals surface area contributed by atoms with Gasteiger partial charge in [0.15, 0.2) is 11.5 Å². The smallest absolute Gasteiger partial charge is 0.352 e. The summed E-state index contributed by atoms with van der Waals surface area (Å²) in [5.74, 6) is 1.91. The fraction of sp³-hybridized carbons (Fsp3) is 0.222. The number of anilines is 2. The van der Waals surface area contributed by atoms with Crippen LogP contribution in [0.4, 0.5) is 11.5 Å². The Labute approximate surface area is 198 Å². The summed E-state index contributed by atoms with van der Waals surface area (Å²) in [6.07, 6.45) is -0.933. The molecule has 0 saturated carbocycles. The molecule has 3 aromatic carbocycles. The lowest BCUT2D eigenvalue weighted by molar-refractivity contribution is -0.151. The van der Waals surface area contributed by atoms with E-state index in [2.05, 4.69) is 9.97 Å². The molecule has 0 bridgehead atoms. The van der Waals surface area contributed by atoms with Crippen molar-refractivity contribution in [3.8, 4) is 11.5 Å². The van der Waals surface area contributed by atoms with Crippen molar-refractivity contribution in [2.24, 2.45) is 0 Å². The zero-order chi connectivity index (χ0) is 24.1. The number of methoxy groups -OCH3 is 1. The lowest BCUT2D eigenvalue weighted by atomic mass is 10.1. The zero-order valence-corrected chi connectivity index (χ0v) is 19.7. The van der Waals surface area contributed by atoms with Gasteiger partial charge in [-0.2, -0.15) is 0 Å². The molecule has 7 nitrogen and oxygen atoms in total. The van der Waals surface area contributed by atoms with Crippen molar-refractivity contribution < 1.29 is 19.0 Å². The van der Waals surface area contributed by atoms with Gasteiger partial charge in [-0.1, -0.05) is 42.5 Å². The highest BCUT2D eigenvalue weighted by Crippen LogP contribution is 2.37. The Balaban J connectivity index is 1.74. The van der Waals surface area contributed by atoms with Crippen LogP contribution in [-0.2, 0) is 9.53 Å². The summed E-state index contributed by atoms with van der Waals surface area (Å²) in [6, 6.07) is 22.7. The Morgan fingerprint density at radius 3 is 2.44 bits per heavy atom. The number of aromatic nitrogens is 2. The lowest BCUT2D eigenvalue weighted by Crippen LogP contribution is -2.22. The Morgan fingerprint density at radius 1 is 0.971 bits per heavy atom. The van der Waals surface area contributed by atoms with Gasteiger partial charge in [-0.3, -0.25) is 0 Å². The van der Waals surface area contributed by atoms with Crippen LogP contribution in [0.1, 0.15) is 24.4 Å². The molecule has 0 spiro atoms. The van der Waals surface area contributed by atoms with Gasteiger partial charge in [-0.25, -0.2) is 14.8 Å². The van der Waals surface area contributed by atoms with Crippen LogP contribution in [0.3, 0.4) is 0 Å². The molecule has 1 aromatic heterocycles. The van der Waals surface area contributed by atoms with E-state index in [9.17, 15) is 4.79 Å². The fourth-order valence-electron chi connectivity index (χ4n) is 3.74. The van der Waals surface area contributed by atoms with Crippen molar-refractivity contribution in [3.63, 3.8) is 0 Å². The number of benzene rings is 3. The van der Waals surface area contributed by atoms with Gasteiger partial charge in [0.05, 0.1) is 19.2 Å². The zero-order valence-electron chi connectivity index (χ0n) is 19.7. The number of carbonyl (C=O) groups is 1. The van der Waals surface area contributed by atoms with E-state index in [-0.39, 0.29) is 6.61 Å². The van der Waals surface area contributed by atoms with Crippen molar-refractivity contribution in [2.45, 2.75) is 20.0 Å². The van der Waals surface area contributed by atoms with Gasteiger partial charge in [-0.15, -0.1) is 0 Å². The van der Waals surface area contributed by atoms with E-state index in [0.717, 1.165) is 22.4 Å². The highest BCUT2D eigenvalue weighted by molar-refractivity contribution is 5.91. The summed E-state index contributed by atoms with van der Waals surface area (Å²) in [5, 5.41) is 0.933. The molecule has 0 aliphatic heterocycles. The molecule has 0 amide bonds. The summed E-state index contributed by atoms with van der Waals surface area (Å²) >= 11 is 0. The van der Waals surface area contributed by atoms with Gasteiger partial charge in [0.1, 0.15) is 11.6 Å². The quantitative estimate of drug-likeness (QED) is 0.328. The highest BCUT2D eigenvalue weighted by atomic mass is 16.6. The van der Waals surface area contributed by atoms with Crippen LogP contribution in [0.25, 0.3) is 10.9 Å². The molecule has 174 valence electrons. The number of hydrogen-bond acceptors (Lipinski definition) is 7. The number of carbonyl (C=O) groups excluding carboxylic acids is 1. The van der Waals surface area contributed by atoms with Crippen LogP contribution in [0.2, 0.25) is 0 Å². The number of fused-ring (bicyclic) bond motifs is 1. The maximum Gasteiger partial charge on any atom is 0.352 e. The van der Waals surface area contributed by atoms with Crippen LogP contribution < -0.4 is 14.4 Å². The predicted octanol–water partition coefficient (Wildman–Crippen LogP) is 5.40. The minimum atomic E-state index is -0.933. The number of aryl methyl sites for hydroxylation is 1. The number of rotatable bonds is 8. The molecular weight excluding hydrogens is 430 g/mol. The number of para-hydroxylation sites is 1. The van der Waals surface area contributed by atoms with Crippen LogP contribution in [-0.4, -0.2) is 36.7 Å². The molecule has 0 radical (unpaired) electrons. The van der Waals surface area contributed by atoms with E-state index in [0.29, 0.717) is 22.9 Å². The first-order valence-corrected chi connectivity index (χ1v) is 11.0. The minimum absolute atomic E-state index is 0.256. The molecule has 34 heavy (non-hydrogen) atoms. The van der Waals surface area contributed by atoms with Gasteiger partial charge in [0, 0.05) is 29.8 Å². The van der Waals surface area contributed by atoms with Gasteiger partial charge in [-0.05, 0) is 38.1 Å². The Hall–Kier alpha value is -4.13. The average Bonchev–Trinajstić information content (AvgIpc) is 2.86. The average molecular weight is 458 g/mol. The summed E-state index contributed by atoms with van der Waals surface area (Å²) in [6.45, 7) is 3.89. The Morgan fingerprint density at radius 2 is 1.71 bits per heavy atom. The van der Waals surface area contributed by atoms with Gasteiger partial charge >= 0.3 is 5.97 Å². The van der Waals surface area contributed by atoms with Gasteiger partial charge in [0.25, 0.3) is 0 Å². The molecule has 1 atom stereocenters. The fourth-order valence-corrected chi connectivity index (χ4v) is 3.74. The van der Waals surface area contributed by atoms with Crippen LogP contribution in [0.15, 0.2) is 72.8 Å². The standard InChI is InChI=1S/C27H27N3O4/c1-5-33-27(31)25(19-11-7-6-8-12-19)34-24-17-20(15-16-23(24)32-4)30(3)26-21-13-9-10-14-22(21)28-18(2)29-26/h6-17,25H,5H2,1-4H3. The third-order valence-electron chi connectivity index (χ3n) is 5.39. The van der Waals surface area contributed by atoms with Crippen molar-refractivity contribution in [1.82, 2.24) is 9.97 Å². The second kappa shape index (κ2) is 10.2. The summed E-state index contributed by atoms with van der Waals surface area (Å²) in [4.78, 5) is 23.9. The largest absolute Gasteiger partial charge is 0.493 e. The van der Waals surface area contributed by atoms with E-state index in [1.54, 1.807) is 14.0 Å². The Kier molecular flexibility index (Phi) is 6.92. The molecule has 0 aliphatic carbocycles. The van der Waals surface area contributed by atoms with E-state index in [1.165, 1.54) is 0 Å². The molecule has 1 unspecified atom stereocenters. The van der Waals surface area contributed by atoms with Crippen LogP contribution >= 0.6 is 0 Å². The van der Waals surface area contributed by atoms with Crippen molar-refractivity contribution in [3.05, 3.63) is 84.2 Å². The maximum atomic E-state index is 12.8. The van der Waals surface area contributed by atoms with E-state index in [4.69, 9.17) is 14.2 Å². The predicted molar refractivity (Wildman–Crippen MR) is 132 cm³/mol. The van der Waals surface area contributed by atoms with Crippen molar-refractivity contribution in [1.29, 1.82) is 0 Å². The van der Waals surface area contributed by atoms with Crippen LogP contribution in [0.5, 0.6) is 11.5 Å². The molecule has 0 aliphatic rings. The normalized spacial score (nSPS) is 11.6. The summed E-state index contributed by atoms with van der Waals surface area (Å²) in [5.41, 5.74) is 2.38. The van der Waals surface area contributed by atoms with E-state index < -0.39 is 12.1 Å². The summed E-state index contributed by atoms with van der Waals surface area (Å²) in [7, 11) is 3.49. The van der Waals surface area contributed by atoms with Gasteiger partial charge in [0.2, 0.25) is 6.10 Å². The molecule has 7 heteroatoms. The third kappa shape index (κ3) is 4.78. The maximum absolute atomic E-state index is 12.8. The lowest BCUT2D eigenvalue weighted by Gasteiger charge is -2.23. The van der Waals surface area contributed by atoms with E-state index >= 15 is 0 Å². The minimum Gasteiger partial charge on any atom is -0.493 e. The highest BCUT2D eigenvalue weighted by Gasteiger charge is 2.26. The number of ether oxygens (including phenoxy) is 3. The number of nitrogens with zero attached hydrogens (tertiary/aromatic N) is 3.